The Hall–Kier alpha value is -2.41. The first-order valence-electron chi connectivity index (χ1n) is 7.90. The summed E-state index contributed by atoms with van der Waals surface area (Å²) in [5.74, 6) is 1.35. The molecule has 23 heavy (non-hydrogen) atoms. The fourth-order valence-electron chi connectivity index (χ4n) is 3.03. The number of aromatic nitrogens is 3. The van der Waals surface area contributed by atoms with Gasteiger partial charge in [-0.1, -0.05) is 17.3 Å². The normalized spacial score (nSPS) is 19.3. The third-order valence-corrected chi connectivity index (χ3v) is 4.06. The smallest absolute Gasteiger partial charge is 0.295 e. The molecule has 7 heteroatoms. The maximum atomic E-state index is 5.75. The molecular weight excluding hydrogens is 294 g/mol. The summed E-state index contributed by atoms with van der Waals surface area (Å²) in [6.45, 7) is 4.47. The lowest BCUT2D eigenvalue weighted by atomic mass is 10.1. The Morgan fingerprint density at radius 1 is 1.30 bits per heavy atom. The summed E-state index contributed by atoms with van der Waals surface area (Å²) in [5, 5.41) is 7.38. The first-order valence-corrected chi connectivity index (χ1v) is 7.90. The van der Waals surface area contributed by atoms with Gasteiger partial charge in [0.25, 0.3) is 6.01 Å². The zero-order valence-electron chi connectivity index (χ0n) is 13.0. The number of nitrogens with zero attached hydrogens (tertiary/aromatic N) is 4. The van der Waals surface area contributed by atoms with Crippen molar-refractivity contribution in [3.63, 3.8) is 0 Å². The number of anilines is 1. The Bertz CT molecular complexity index is 763. The van der Waals surface area contributed by atoms with Crippen LogP contribution >= 0.6 is 0 Å². The van der Waals surface area contributed by atoms with Crippen LogP contribution in [0.2, 0.25) is 0 Å². The quantitative estimate of drug-likeness (QED) is 0.793. The van der Waals surface area contributed by atoms with Crippen molar-refractivity contribution < 1.29 is 8.94 Å². The SMILES string of the molecule is Cc1nc(CN2CCCC(Nc3nc4ccccc4o3)C2)no1. The van der Waals surface area contributed by atoms with E-state index in [1.54, 1.807) is 0 Å². The first-order chi connectivity index (χ1) is 11.3. The van der Waals surface area contributed by atoms with Crippen LogP contribution in [0.5, 0.6) is 0 Å². The van der Waals surface area contributed by atoms with E-state index in [1.807, 2.05) is 31.2 Å². The molecule has 1 saturated heterocycles. The summed E-state index contributed by atoms with van der Waals surface area (Å²) in [6, 6.07) is 8.70. The topological polar surface area (TPSA) is 80.2 Å². The number of rotatable bonds is 4. The average molecular weight is 313 g/mol. The molecule has 0 aliphatic carbocycles. The largest absolute Gasteiger partial charge is 0.424 e. The summed E-state index contributed by atoms with van der Waals surface area (Å²) in [4.78, 5) is 11.1. The van der Waals surface area contributed by atoms with Crippen LogP contribution in [0.25, 0.3) is 11.1 Å². The van der Waals surface area contributed by atoms with Gasteiger partial charge in [-0.25, -0.2) is 0 Å². The molecule has 0 amide bonds. The monoisotopic (exact) mass is 313 g/mol. The number of oxazole rings is 1. The van der Waals surface area contributed by atoms with Gasteiger partial charge in [-0.15, -0.1) is 0 Å². The molecule has 3 aromatic rings. The molecule has 1 unspecified atom stereocenters. The summed E-state index contributed by atoms with van der Waals surface area (Å²) < 4.78 is 10.8. The van der Waals surface area contributed by atoms with Crippen LogP contribution in [0.3, 0.4) is 0 Å². The Morgan fingerprint density at radius 2 is 2.22 bits per heavy atom. The van der Waals surface area contributed by atoms with E-state index in [-0.39, 0.29) is 0 Å². The average Bonchev–Trinajstić information content (AvgIpc) is 3.13. The van der Waals surface area contributed by atoms with Gasteiger partial charge in [0.15, 0.2) is 11.4 Å². The third-order valence-electron chi connectivity index (χ3n) is 4.06. The second kappa shape index (κ2) is 6.00. The van der Waals surface area contributed by atoms with Gasteiger partial charge in [0.05, 0.1) is 6.54 Å². The molecule has 1 fully saturated rings. The number of fused-ring (bicyclic) bond motifs is 1. The van der Waals surface area contributed by atoms with Gasteiger partial charge in [0, 0.05) is 19.5 Å². The van der Waals surface area contributed by atoms with Gasteiger partial charge < -0.3 is 14.3 Å². The highest BCUT2D eigenvalue weighted by atomic mass is 16.5. The Morgan fingerprint density at radius 3 is 3.04 bits per heavy atom. The van der Waals surface area contributed by atoms with Crippen LogP contribution in [0, 0.1) is 6.92 Å². The molecule has 0 saturated carbocycles. The summed E-state index contributed by atoms with van der Waals surface area (Å²) >= 11 is 0. The highest BCUT2D eigenvalue weighted by Crippen LogP contribution is 2.21. The number of piperidine rings is 1. The minimum atomic E-state index is 0.310. The predicted molar refractivity (Wildman–Crippen MR) is 85.0 cm³/mol. The van der Waals surface area contributed by atoms with Crippen LogP contribution in [0.4, 0.5) is 6.01 Å². The standard InChI is InChI=1S/C16H19N5O2/c1-11-17-15(20-23-11)10-21-8-4-5-12(9-21)18-16-19-13-6-2-3-7-14(13)22-16/h2-3,6-7,12H,4-5,8-10H2,1H3,(H,18,19). The van der Waals surface area contributed by atoms with Gasteiger partial charge in [-0.2, -0.15) is 9.97 Å². The van der Waals surface area contributed by atoms with Crippen molar-refractivity contribution in [3.8, 4) is 0 Å². The second-order valence-corrected chi connectivity index (χ2v) is 5.93. The number of hydrogen-bond acceptors (Lipinski definition) is 7. The first kappa shape index (κ1) is 14.2. The molecule has 7 nitrogen and oxygen atoms in total. The molecule has 120 valence electrons. The van der Waals surface area contributed by atoms with E-state index in [0.717, 1.165) is 42.9 Å². The van der Waals surface area contributed by atoms with E-state index in [0.29, 0.717) is 24.5 Å². The maximum absolute atomic E-state index is 5.75. The van der Waals surface area contributed by atoms with E-state index < -0.39 is 0 Å². The fraction of sp³-hybridized carbons (Fsp3) is 0.438. The molecule has 0 radical (unpaired) electrons. The Balaban J connectivity index is 1.40. The van der Waals surface area contributed by atoms with Crippen molar-refractivity contribution in [2.75, 3.05) is 18.4 Å². The van der Waals surface area contributed by atoms with Gasteiger partial charge >= 0.3 is 0 Å². The van der Waals surface area contributed by atoms with E-state index in [9.17, 15) is 0 Å². The fourth-order valence-corrected chi connectivity index (χ4v) is 3.03. The van der Waals surface area contributed by atoms with Crippen LogP contribution in [-0.2, 0) is 6.54 Å². The predicted octanol–water partition coefficient (Wildman–Crippen LogP) is 2.60. The van der Waals surface area contributed by atoms with Gasteiger partial charge in [0.1, 0.15) is 5.52 Å². The van der Waals surface area contributed by atoms with Crippen molar-refractivity contribution in [2.24, 2.45) is 0 Å². The van der Waals surface area contributed by atoms with Crippen LogP contribution in [0.1, 0.15) is 24.6 Å². The summed E-state index contributed by atoms with van der Waals surface area (Å²) in [7, 11) is 0. The summed E-state index contributed by atoms with van der Waals surface area (Å²) in [5.41, 5.74) is 1.69. The minimum Gasteiger partial charge on any atom is -0.424 e. The van der Waals surface area contributed by atoms with Crippen molar-refractivity contribution >= 4 is 17.1 Å². The summed E-state index contributed by atoms with van der Waals surface area (Å²) in [6.07, 6.45) is 2.22. The molecular formula is C16H19N5O2. The number of hydrogen-bond donors (Lipinski definition) is 1. The zero-order chi connectivity index (χ0) is 15.6. The molecule has 4 rings (SSSR count). The molecule has 1 aromatic carbocycles. The number of benzene rings is 1. The zero-order valence-corrected chi connectivity index (χ0v) is 13.0. The molecule has 1 aliphatic heterocycles. The minimum absolute atomic E-state index is 0.310. The number of nitrogens with one attached hydrogen (secondary N) is 1. The molecule has 0 spiro atoms. The Labute approximate surface area is 133 Å². The molecule has 1 atom stereocenters. The van der Waals surface area contributed by atoms with Gasteiger partial charge in [0.2, 0.25) is 5.89 Å². The van der Waals surface area contributed by atoms with Crippen molar-refractivity contribution in [1.29, 1.82) is 0 Å². The second-order valence-electron chi connectivity index (χ2n) is 5.93. The lowest BCUT2D eigenvalue weighted by Gasteiger charge is -2.31. The Kier molecular flexibility index (Phi) is 3.70. The maximum Gasteiger partial charge on any atom is 0.295 e. The number of para-hydroxylation sites is 2. The van der Waals surface area contributed by atoms with Crippen LogP contribution in [0.15, 0.2) is 33.2 Å². The van der Waals surface area contributed by atoms with E-state index >= 15 is 0 Å². The van der Waals surface area contributed by atoms with Crippen molar-refractivity contribution in [2.45, 2.75) is 32.4 Å². The lowest BCUT2D eigenvalue weighted by molar-refractivity contribution is 0.200. The van der Waals surface area contributed by atoms with Gasteiger partial charge in [-0.3, -0.25) is 4.90 Å². The highest BCUT2D eigenvalue weighted by molar-refractivity contribution is 5.74. The van der Waals surface area contributed by atoms with Crippen molar-refractivity contribution in [3.05, 3.63) is 36.0 Å². The lowest BCUT2D eigenvalue weighted by Crippen LogP contribution is -2.41. The van der Waals surface area contributed by atoms with E-state index in [1.165, 1.54) is 0 Å². The van der Waals surface area contributed by atoms with Crippen LogP contribution < -0.4 is 5.32 Å². The molecule has 1 aliphatic rings. The number of likely N-dealkylation sites (tertiary alicyclic amines) is 1. The van der Waals surface area contributed by atoms with Crippen molar-refractivity contribution in [1.82, 2.24) is 20.0 Å². The number of aryl methyl sites for hydroxylation is 1. The van der Waals surface area contributed by atoms with E-state index in [4.69, 9.17) is 8.94 Å². The molecule has 1 N–H and O–H groups in total. The molecule has 0 bridgehead atoms. The van der Waals surface area contributed by atoms with E-state index in [2.05, 4.69) is 25.3 Å². The van der Waals surface area contributed by atoms with Gasteiger partial charge in [-0.05, 0) is 31.5 Å². The molecule has 3 heterocycles. The highest BCUT2D eigenvalue weighted by Gasteiger charge is 2.22. The van der Waals surface area contributed by atoms with Crippen LogP contribution in [-0.4, -0.2) is 39.2 Å². The molecule has 2 aromatic heterocycles. The third kappa shape index (κ3) is 3.19.